The molecule has 1 amide bonds. The second kappa shape index (κ2) is 5.81. The van der Waals surface area contributed by atoms with Gasteiger partial charge in [0, 0.05) is 11.6 Å². The number of hydrogen-bond donors (Lipinski definition) is 1. The zero-order valence-corrected chi connectivity index (χ0v) is 13.5. The SMILES string of the molecule is O=C(Nc1nccs1)C1(S(=O)(=O)c2ccccc2)CCCC1. The lowest BCUT2D eigenvalue weighted by atomic mass is 10.1. The maximum Gasteiger partial charge on any atom is 0.248 e. The van der Waals surface area contributed by atoms with Gasteiger partial charge in [-0.2, -0.15) is 0 Å². The van der Waals surface area contributed by atoms with Crippen LogP contribution in [0.5, 0.6) is 0 Å². The molecular weight excluding hydrogens is 320 g/mol. The van der Waals surface area contributed by atoms with Crippen molar-refractivity contribution in [3.05, 3.63) is 41.9 Å². The van der Waals surface area contributed by atoms with Crippen molar-refractivity contribution in [2.75, 3.05) is 5.32 Å². The van der Waals surface area contributed by atoms with E-state index in [0.29, 0.717) is 18.0 Å². The van der Waals surface area contributed by atoms with Gasteiger partial charge < -0.3 is 5.32 Å². The molecule has 1 N–H and O–H groups in total. The lowest BCUT2D eigenvalue weighted by Gasteiger charge is -2.27. The van der Waals surface area contributed by atoms with E-state index in [2.05, 4.69) is 10.3 Å². The molecule has 1 heterocycles. The second-order valence-electron chi connectivity index (χ2n) is 5.31. The molecule has 0 saturated heterocycles. The van der Waals surface area contributed by atoms with Crippen LogP contribution in [0, 0.1) is 0 Å². The minimum atomic E-state index is -3.74. The smallest absolute Gasteiger partial charge is 0.248 e. The van der Waals surface area contributed by atoms with Crippen molar-refractivity contribution in [1.29, 1.82) is 0 Å². The molecular formula is C15H16N2O3S2. The van der Waals surface area contributed by atoms with Crippen LogP contribution in [0.3, 0.4) is 0 Å². The van der Waals surface area contributed by atoms with Gasteiger partial charge in [0.1, 0.15) is 0 Å². The molecule has 3 rings (SSSR count). The van der Waals surface area contributed by atoms with Gasteiger partial charge in [0.15, 0.2) is 19.7 Å². The number of nitrogens with zero attached hydrogens (tertiary/aromatic N) is 1. The van der Waals surface area contributed by atoms with E-state index in [-0.39, 0.29) is 4.90 Å². The van der Waals surface area contributed by atoms with Gasteiger partial charge in [-0.3, -0.25) is 4.79 Å². The van der Waals surface area contributed by atoms with Gasteiger partial charge in [0.05, 0.1) is 4.90 Å². The maximum absolute atomic E-state index is 13.0. The fraction of sp³-hybridized carbons (Fsp3) is 0.333. The van der Waals surface area contributed by atoms with E-state index in [9.17, 15) is 13.2 Å². The third kappa shape index (κ3) is 2.44. The highest BCUT2D eigenvalue weighted by atomic mass is 32.2. The fourth-order valence-corrected chi connectivity index (χ4v) is 5.50. The van der Waals surface area contributed by atoms with Crippen molar-refractivity contribution in [1.82, 2.24) is 4.98 Å². The van der Waals surface area contributed by atoms with E-state index in [4.69, 9.17) is 0 Å². The predicted molar refractivity (Wildman–Crippen MR) is 85.6 cm³/mol. The van der Waals surface area contributed by atoms with E-state index in [1.165, 1.54) is 11.3 Å². The number of nitrogens with one attached hydrogen (secondary N) is 1. The summed E-state index contributed by atoms with van der Waals surface area (Å²) in [7, 11) is -3.74. The third-order valence-electron chi connectivity index (χ3n) is 4.05. The van der Waals surface area contributed by atoms with Crippen molar-refractivity contribution in [2.24, 2.45) is 0 Å². The Morgan fingerprint density at radius 3 is 2.45 bits per heavy atom. The number of carbonyl (C=O) groups excluding carboxylic acids is 1. The number of rotatable bonds is 4. The van der Waals surface area contributed by atoms with Crippen molar-refractivity contribution in [3.8, 4) is 0 Å². The summed E-state index contributed by atoms with van der Waals surface area (Å²) in [6.07, 6.45) is 3.74. The highest BCUT2D eigenvalue weighted by molar-refractivity contribution is 7.93. The average molecular weight is 336 g/mol. The van der Waals surface area contributed by atoms with Gasteiger partial charge in [-0.25, -0.2) is 13.4 Å². The van der Waals surface area contributed by atoms with Crippen LogP contribution >= 0.6 is 11.3 Å². The zero-order chi connectivity index (χ0) is 15.6. The molecule has 1 aromatic carbocycles. The fourth-order valence-electron chi connectivity index (χ4n) is 2.89. The highest BCUT2D eigenvalue weighted by Crippen LogP contribution is 2.41. The van der Waals surface area contributed by atoms with Gasteiger partial charge in [-0.1, -0.05) is 31.0 Å². The Kier molecular flexibility index (Phi) is 4.01. The van der Waals surface area contributed by atoms with Gasteiger partial charge >= 0.3 is 0 Å². The van der Waals surface area contributed by atoms with Crippen molar-refractivity contribution >= 4 is 32.2 Å². The molecule has 1 aliphatic carbocycles. The van der Waals surface area contributed by atoms with Crippen molar-refractivity contribution in [3.63, 3.8) is 0 Å². The first-order valence-corrected chi connectivity index (χ1v) is 9.43. The summed E-state index contributed by atoms with van der Waals surface area (Å²) in [5, 5.41) is 4.84. The molecule has 1 aromatic heterocycles. The van der Waals surface area contributed by atoms with Crippen LogP contribution in [0.15, 0.2) is 46.8 Å². The molecule has 2 aromatic rings. The number of benzene rings is 1. The van der Waals surface area contributed by atoms with Crippen molar-refractivity contribution in [2.45, 2.75) is 35.3 Å². The van der Waals surface area contributed by atoms with Crippen molar-refractivity contribution < 1.29 is 13.2 Å². The normalized spacial score (nSPS) is 17.3. The van der Waals surface area contributed by atoms with Gasteiger partial charge in [-0.15, -0.1) is 11.3 Å². The lowest BCUT2D eigenvalue weighted by Crippen LogP contribution is -2.47. The number of carbonyl (C=O) groups is 1. The Bertz CT molecular complexity index is 749. The standard InChI is InChI=1S/C15H16N2O3S2/c18-13(17-14-16-10-11-21-14)15(8-4-5-9-15)22(19,20)12-6-2-1-3-7-12/h1-3,6-7,10-11H,4-5,8-9H2,(H,16,17,18). The van der Waals surface area contributed by atoms with Crippen LogP contribution in [0.1, 0.15) is 25.7 Å². The maximum atomic E-state index is 13.0. The number of anilines is 1. The van der Waals surface area contributed by atoms with Crippen LogP contribution in [-0.4, -0.2) is 24.1 Å². The van der Waals surface area contributed by atoms with E-state index >= 15 is 0 Å². The summed E-state index contributed by atoms with van der Waals surface area (Å²) in [4.78, 5) is 16.9. The monoisotopic (exact) mass is 336 g/mol. The minimum Gasteiger partial charge on any atom is -0.301 e. The van der Waals surface area contributed by atoms with Crippen LogP contribution in [0.2, 0.25) is 0 Å². The van der Waals surface area contributed by atoms with Gasteiger partial charge in [0.25, 0.3) is 0 Å². The van der Waals surface area contributed by atoms with Gasteiger partial charge in [-0.05, 0) is 25.0 Å². The Balaban J connectivity index is 2.00. The molecule has 1 fully saturated rings. The molecule has 7 heteroatoms. The predicted octanol–water partition coefficient (Wildman–Crippen LogP) is 2.87. The molecule has 0 aliphatic heterocycles. The van der Waals surface area contributed by atoms with Crippen LogP contribution in [-0.2, 0) is 14.6 Å². The number of hydrogen-bond acceptors (Lipinski definition) is 5. The molecule has 0 atom stereocenters. The molecule has 0 radical (unpaired) electrons. The summed E-state index contributed by atoms with van der Waals surface area (Å²) < 4.78 is 24.7. The first-order valence-electron chi connectivity index (χ1n) is 7.07. The first-order chi connectivity index (χ1) is 10.6. The van der Waals surface area contributed by atoms with E-state index < -0.39 is 20.5 Å². The summed E-state index contributed by atoms with van der Waals surface area (Å²) in [6, 6.07) is 8.21. The van der Waals surface area contributed by atoms with E-state index in [1.54, 1.807) is 41.9 Å². The Morgan fingerprint density at radius 1 is 1.18 bits per heavy atom. The first kappa shape index (κ1) is 15.2. The third-order valence-corrected chi connectivity index (χ3v) is 7.25. The average Bonchev–Trinajstić information content (AvgIpc) is 3.20. The molecule has 22 heavy (non-hydrogen) atoms. The molecule has 1 saturated carbocycles. The second-order valence-corrected chi connectivity index (χ2v) is 8.46. The summed E-state index contributed by atoms with van der Waals surface area (Å²) in [6.45, 7) is 0. The number of thiazole rings is 1. The largest absolute Gasteiger partial charge is 0.301 e. The number of sulfone groups is 1. The zero-order valence-electron chi connectivity index (χ0n) is 11.9. The van der Waals surface area contributed by atoms with E-state index in [1.807, 2.05) is 0 Å². The highest BCUT2D eigenvalue weighted by Gasteiger charge is 2.53. The molecule has 116 valence electrons. The minimum absolute atomic E-state index is 0.200. The molecule has 0 bridgehead atoms. The molecule has 0 spiro atoms. The van der Waals surface area contributed by atoms with Gasteiger partial charge in [0.2, 0.25) is 5.91 Å². The Morgan fingerprint density at radius 2 is 1.86 bits per heavy atom. The van der Waals surface area contributed by atoms with Crippen LogP contribution < -0.4 is 5.32 Å². The van der Waals surface area contributed by atoms with E-state index in [0.717, 1.165) is 12.8 Å². The topological polar surface area (TPSA) is 76.1 Å². The number of aromatic nitrogens is 1. The summed E-state index contributed by atoms with van der Waals surface area (Å²) in [5.41, 5.74) is 0. The molecule has 1 aliphatic rings. The Labute approximate surface area is 133 Å². The molecule has 0 unspecified atom stereocenters. The quantitative estimate of drug-likeness (QED) is 0.931. The Hall–Kier alpha value is -1.73. The number of amides is 1. The molecule has 5 nitrogen and oxygen atoms in total. The summed E-state index contributed by atoms with van der Waals surface area (Å²) in [5.74, 6) is -0.469. The lowest BCUT2D eigenvalue weighted by molar-refractivity contribution is -0.118. The van der Waals surface area contributed by atoms with Crippen LogP contribution in [0.4, 0.5) is 5.13 Å². The summed E-state index contributed by atoms with van der Waals surface area (Å²) >= 11 is 1.28. The van der Waals surface area contributed by atoms with Crippen LogP contribution in [0.25, 0.3) is 0 Å².